The maximum atomic E-state index is 12.9. The number of halogens is 3. The second kappa shape index (κ2) is 7.34. The van der Waals surface area contributed by atoms with Crippen LogP contribution in [0.15, 0.2) is 48.5 Å². The number of hydrogen-bond donors (Lipinski definition) is 0. The zero-order chi connectivity index (χ0) is 17.9. The van der Waals surface area contributed by atoms with Crippen LogP contribution in [0.25, 0.3) is 21.5 Å². The molecule has 0 amide bonds. The van der Waals surface area contributed by atoms with Crippen molar-refractivity contribution in [2.45, 2.75) is 38.8 Å². The minimum Gasteiger partial charge on any atom is -0.494 e. The van der Waals surface area contributed by atoms with Crippen molar-refractivity contribution >= 4 is 21.5 Å². The Morgan fingerprint density at radius 2 is 1.48 bits per heavy atom. The Morgan fingerprint density at radius 3 is 2.16 bits per heavy atom. The average Bonchev–Trinajstić information content (AvgIpc) is 2.60. The van der Waals surface area contributed by atoms with E-state index in [-0.39, 0.29) is 0 Å². The summed E-state index contributed by atoms with van der Waals surface area (Å²) in [6.07, 6.45) is 0.283. The van der Waals surface area contributed by atoms with E-state index in [4.69, 9.17) is 4.74 Å². The van der Waals surface area contributed by atoms with Crippen molar-refractivity contribution in [3.05, 3.63) is 54.1 Å². The lowest BCUT2D eigenvalue weighted by molar-refractivity contribution is -0.137. The van der Waals surface area contributed by atoms with E-state index < -0.39 is 11.7 Å². The molecule has 0 bridgehead atoms. The van der Waals surface area contributed by atoms with Gasteiger partial charge in [0.25, 0.3) is 0 Å². The van der Waals surface area contributed by atoms with E-state index in [1.807, 2.05) is 24.3 Å². The average molecular weight is 346 g/mol. The molecule has 0 aliphatic carbocycles. The van der Waals surface area contributed by atoms with Crippen LogP contribution in [0.5, 0.6) is 5.75 Å². The van der Waals surface area contributed by atoms with E-state index in [0.717, 1.165) is 40.8 Å². The number of benzene rings is 3. The lowest BCUT2D eigenvalue weighted by atomic mass is 10.00. The van der Waals surface area contributed by atoms with E-state index >= 15 is 0 Å². The van der Waals surface area contributed by atoms with Crippen molar-refractivity contribution in [1.82, 2.24) is 0 Å². The molecule has 0 spiro atoms. The first kappa shape index (κ1) is 17.6. The molecule has 1 nitrogen and oxygen atoms in total. The molecule has 3 aromatic carbocycles. The number of unbranched alkanes of at least 4 members (excludes halogenated alkanes) is 3. The van der Waals surface area contributed by atoms with Crippen molar-refractivity contribution in [2.24, 2.45) is 0 Å². The monoisotopic (exact) mass is 346 g/mol. The Morgan fingerprint density at radius 1 is 0.800 bits per heavy atom. The second-order valence-corrected chi connectivity index (χ2v) is 6.29. The molecule has 0 heterocycles. The Kier molecular flexibility index (Phi) is 5.16. The number of hydrogen-bond acceptors (Lipinski definition) is 1. The van der Waals surface area contributed by atoms with Gasteiger partial charge in [0.05, 0.1) is 12.2 Å². The number of alkyl halides is 3. The summed E-state index contributed by atoms with van der Waals surface area (Å²) < 4.78 is 44.4. The smallest absolute Gasteiger partial charge is 0.416 e. The zero-order valence-corrected chi connectivity index (χ0v) is 14.2. The van der Waals surface area contributed by atoms with Crippen molar-refractivity contribution in [3.63, 3.8) is 0 Å². The summed E-state index contributed by atoms with van der Waals surface area (Å²) in [6.45, 7) is 2.86. The van der Waals surface area contributed by atoms with Gasteiger partial charge in [-0.05, 0) is 52.2 Å². The summed E-state index contributed by atoms with van der Waals surface area (Å²) in [7, 11) is 0. The van der Waals surface area contributed by atoms with Crippen molar-refractivity contribution in [3.8, 4) is 5.75 Å². The molecule has 132 valence electrons. The van der Waals surface area contributed by atoms with Gasteiger partial charge in [-0.25, -0.2) is 0 Å². The first-order valence-corrected chi connectivity index (χ1v) is 8.65. The summed E-state index contributed by atoms with van der Waals surface area (Å²) in [6, 6.07) is 13.2. The van der Waals surface area contributed by atoms with Crippen molar-refractivity contribution in [1.29, 1.82) is 0 Å². The summed E-state index contributed by atoms with van der Waals surface area (Å²) >= 11 is 0. The van der Waals surface area contributed by atoms with Crippen LogP contribution in [0.2, 0.25) is 0 Å². The highest BCUT2D eigenvalue weighted by atomic mass is 19.4. The first-order valence-electron chi connectivity index (χ1n) is 8.65. The normalized spacial score (nSPS) is 12.0. The number of fused-ring (bicyclic) bond motifs is 3. The Bertz CT molecular complexity index is 868. The molecule has 25 heavy (non-hydrogen) atoms. The molecule has 0 aliphatic rings. The predicted octanol–water partition coefficient (Wildman–Crippen LogP) is 6.97. The molecule has 0 aliphatic heterocycles. The highest BCUT2D eigenvalue weighted by molar-refractivity contribution is 6.07. The lowest BCUT2D eigenvalue weighted by Crippen LogP contribution is -2.04. The molecule has 0 fully saturated rings. The minimum atomic E-state index is -4.32. The molecular formula is C21H21F3O. The molecule has 0 N–H and O–H groups in total. The van der Waals surface area contributed by atoms with Gasteiger partial charge < -0.3 is 4.74 Å². The number of ether oxygens (including phenoxy) is 1. The fourth-order valence-electron chi connectivity index (χ4n) is 3.03. The standard InChI is InChI=1S/C21H21F3O/c1-2-3-4-5-12-25-18-9-11-20-16(14-18)7-6-15-13-17(21(22,23)24)8-10-19(15)20/h6-11,13-14H,2-5,12H2,1H3. The molecule has 0 saturated heterocycles. The zero-order valence-electron chi connectivity index (χ0n) is 14.2. The number of rotatable bonds is 6. The van der Waals surface area contributed by atoms with Crippen LogP contribution in [0.3, 0.4) is 0 Å². The van der Waals surface area contributed by atoms with Gasteiger partial charge in [-0.2, -0.15) is 13.2 Å². The topological polar surface area (TPSA) is 9.23 Å². The molecule has 0 radical (unpaired) electrons. The van der Waals surface area contributed by atoms with Crippen LogP contribution in [0, 0.1) is 0 Å². The molecule has 0 saturated carbocycles. The summed E-state index contributed by atoms with van der Waals surface area (Å²) in [5, 5.41) is 3.32. The molecule has 3 aromatic rings. The van der Waals surface area contributed by atoms with Gasteiger partial charge in [0.2, 0.25) is 0 Å². The van der Waals surface area contributed by atoms with Crippen molar-refractivity contribution in [2.75, 3.05) is 6.61 Å². The third-order valence-electron chi connectivity index (χ3n) is 4.40. The minimum absolute atomic E-state index is 0.593. The molecule has 0 atom stereocenters. The van der Waals surface area contributed by atoms with E-state index in [2.05, 4.69) is 6.92 Å². The van der Waals surface area contributed by atoms with Gasteiger partial charge in [0, 0.05) is 0 Å². The van der Waals surface area contributed by atoms with Gasteiger partial charge in [0.15, 0.2) is 0 Å². The quantitative estimate of drug-likeness (QED) is 0.346. The van der Waals surface area contributed by atoms with Crippen molar-refractivity contribution < 1.29 is 17.9 Å². The van der Waals surface area contributed by atoms with Gasteiger partial charge in [-0.1, -0.05) is 50.5 Å². The van der Waals surface area contributed by atoms with E-state index in [1.165, 1.54) is 18.9 Å². The van der Waals surface area contributed by atoms with Crippen LogP contribution in [0.4, 0.5) is 13.2 Å². The Balaban J connectivity index is 1.85. The third-order valence-corrected chi connectivity index (χ3v) is 4.40. The van der Waals surface area contributed by atoms with Crippen LogP contribution in [-0.4, -0.2) is 6.61 Å². The molecule has 3 rings (SSSR count). The van der Waals surface area contributed by atoms with Crippen LogP contribution >= 0.6 is 0 Å². The van der Waals surface area contributed by atoms with Gasteiger partial charge in [-0.15, -0.1) is 0 Å². The predicted molar refractivity (Wildman–Crippen MR) is 96.1 cm³/mol. The summed E-state index contributed by atoms with van der Waals surface area (Å²) in [4.78, 5) is 0. The van der Waals surface area contributed by atoms with Gasteiger partial charge in [-0.3, -0.25) is 0 Å². The Labute approximate surface area is 145 Å². The maximum absolute atomic E-state index is 12.9. The summed E-state index contributed by atoms with van der Waals surface area (Å²) in [5.74, 6) is 0.801. The van der Waals surface area contributed by atoms with E-state index in [0.29, 0.717) is 12.0 Å². The highest BCUT2D eigenvalue weighted by Gasteiger charge is 2.30. The SMILES string of the molecule is CCCCCCOc1ccc2c(ccc3cc(C(F)(F)F)ccc32)c1. The third kappa shape index (κ3) is 4.06. The van der Waals surface area contributed by atoms with Gasteiger partial charge >= 0.3 is 6.18 Å². The van der Waals surface area contributed by atoms with Crippen LogP contribution < -0.4 is 4.74 Å². The van der Waals surface area contributed by atoms with Crippen LogP contribution in [-0.2, 0) is 6.18 Å². The second-order valence-electron chi connectivity index (χ2n) is 6.29. The maximum Gasteiger partial charge on any atom is 0.416 e. The van der Waals surface area contributed by atoms with E-state index in [1.54, 1.807) is 12.1 Å². The first-order chi connectivity index (χ1) is 12.0. The molecule has 0 unspecified atom stereocenters. The molecule has 0 aromatic heterocycles. The molecular weight excluding hydrogens is 325 g/mol. The fraction of sp³-hybridized carbons (Fsp3) is 0.333. The lowest BCUT2D eigenvalue weighted by Gasteiger charge is -2.11. The van der Waals surface area contributed by atoms with E-state index in [9.17, 15) is 13.2 Å². The van der Waals surface area contributed by atoms with Gasteiger partial charge in [0.1, 0.15) is 5.75 Å². The largest absolute Gasteiger partial charge is 0.494 e. The fourth-order valence-corrected chi connectivity index (χ4v) is 3.03. The highest BCUT2D eigenvalue weighted by Crippen LogP contribution is 2.34. The Hall–Kier alpha value is -2.23. The molecule has 4 heteroatoms. The summed E-state index contributed by atoms with van der Waals surface area (Å²) in [5.41, 5.74) is -0.619. The van der Waals surface area contributed by atoms with Crippen LogP contribution in [0.1, 0.15) is 38.2 Å².